The van der Waals surface area contributed by atoms with Gasteiger partial charge in [0.05, 0.1) is 0 Å². The zero-order chi connectivity index (χ0) is 2.71. The third kappa shape index (κ3) is 103. The number of rotatable bonds is 0. The van der Waals surface area contributed by atoms with Gasteiger partial charge in [0.25, 0.3) is 0 Å². The van der Waals surface area contributed by atoms with Crippen molar-refractivity contribution in [1.29, 1.82) is 0 Å². The van der Waals surface area contributed by atoms with E-state index in [1.165, 1.54) is 4.97 Å². The van der Waals surface area contributed by atoms with Crippen molar-refractivity contribution in [1.82, 2.24) is 4.97 Å². The average Bonchev–Trinajstić information content (AvgIpc) is 0.918. The maximum Gasteiger partial charge on any atom is 0.151 e. The van der Waals surface area contributed by atoms with Gasteiger partial charge in [-0.15, -0.1) is 0 Å². The number of nitroso groups, excluding NO2 is 1. The van der Waals surface area contributed by atoms with Crippen LogP contribution in [0.3, 0.4) is 0 Å². The molecular weight excluding hydrogens is 100.0 g/mol. The molecule has 2 N–H and O–H groups in total. The minimum absolute atomic E-state index is 0. The van der Waals surface area contributed by atoms with E-state index in [4.69, 9.17) is 10.4 Å². The van der Waals surface area contributed by atoms with E-state index in [1.54, 1.807) is 0 Å². The van der Waals surface area contributed by atoms with Gasteiger partial charge in [-0.25, -0.2) is 0 Å². The second-order valence-corrected chi connectivity index (χ2v) is 0.0816. The number of hydrogen-bond donors (Lipinski definition) is 0. The molecule has 0 amide bonds. The third-order valence-corrected chi connectivity index (χ3v) is 0. The summed E-state index contributed by atoms with van der Waals surface area (Å²) in [6.45, 7) is 0. The zero-order valence-corrected chi connectivity index (χ0v) is 2.86. The van der Waals surface area contributed by atoms with E-state index in [0.29, 0.717) is 0 Å². The molecule has 5 heteroatoms. The molecule has 0 bridgehead atoms. The minimum atomic E-state index is 0. The average molecular weight is 102 g/mol. The summed E-state index contributed by atoms with van der Waals surface area (Å²) >= 11 is 0. The van der Waals surface area contributed by atoms with Gasteiger partial charge in [0, 0.05) is 37.7 Å². The Morgan fingerprint density at radius 1 is 1.60 bits per heavy atom. The smallest absolute Gasteiger partial charge is 0.151 e. The van der Waals surface area contributed by atoms with Crippen molar-refractivity contribution in [2.45, 2.75) is 0 Å². The van der Waals surface area contributed by atoms with E-state index < -0.39 is 0 Å². The first-order valence-corrected chi connectivity index (χ1v) is 0.383. The molecule has 0 atom stereocenters. The second kappa shape index (κ2) is 24.1. The molecule has 0 fully saturated rings. The van der Waals surface area contributed by atoms with Crippen molar-refractivity contribution in [2.24, 2.45) is 0 Å². The number of nitrogens with zero attached hydrogens (tertiary/aromatic N) is 2. The first-order valence-electron chi connectivity index (χ1n) is 0.383. The molecule has 0 radical (unpaired) electrons. The summed E-state index contributed by atoms with van der Waals surface area (Å²) in [6, 6.07) is 0. The van der Waals surface area contributed by atoms with Gasteiger partial charge in [0.1, 0.15) is 4.97 Å². The molecule has 0 spiro atoms. The van der Waals surface area contributed by atoms with Gasteiger partial charge >= 0.3 is 0 Å². The van der Waals surface area contributed by atoms with E-state index in [2.05, 4.69) is 0 Å². The summed E-state index contributed by atoms with van der Waals surface area (Å²) < 4.78 is 0. The Labute approximate surface area is 58.4 Å². The monoisotopic (exact) mass is 102 g/mol. The van der Waals surface area contributed by atoms with Crippen molar-refractivity contribution in [3.63, 3.8) is 0 Å². The molecule has 4 nitrogen and oxygen atoms in total. The van der Waals surface area contributed by atoms with Gasteiger partial charge in [0.15, 0.2) is 4.91 Å². The first-order chi connectivity index (χ1) is 1.41. The second-order valence-electron chi connectivity index (χ2n) is 0.0816. The first kappa shape index (κ1) is 17.7. The molecule has 0 unspecified atom stereocenters. The molecular formula is H2ArN2O2. The maximum atomic E-state index is 8.11. The Bertz CT molecular complexity index is 28.6. The summed E-state index contributed by atoms with van der Waals surface area (Å²) in [5, 5.41) is 0. The largest absolute Gasteiger partial charge is 0.412 e. The molecule has 0 rings (SSSR count). The van der Waals surface area contributed by atoms with Gasteiger partial charge in [-0.2, -0.15) is 0 Å². The third-order valence-electron chi connectivity index (χ3n) is 0. The van der Waals surface area contributed by atoms with Crippen molar-refractivity contribution < 1.29 is 43.2 Å². The fraction of sp³-hybridized carbons (Fsp3) is 0. The predicted octanol–water partition coefficient (Wildman–Crippen LogP) is -0.983. The molecule has 0 aliphatic heterocycles. The zero-order valence-electron chi connectivity index (χ0n) is 2.16. The Hall–Kier alpha value is 0.530. The molecule has 0 saturated carbocycles. The van der Waals surface area contributed by atoms with Gasteiger partial charge in [-0.05, 0) is 0 Å². The van der Waals surface area contributed by atoms with Crippen LogP contribution in [0, 0.1) is 42.6 Å². The summed E-state index contributed by atoms with van der Waals surface area (Å²) in [4.78, 5) is 9.36. The van der Waals surface area contributed by atoms with Crippen molar-refractivity contribution in [3.05, 3.63) is 10.4 Å². The summed E-state index contributed by atoms with van der Waals surface area (Å²) in [6.07, 6.45) is 0. The molecule has 32 valence electrons. The molecule has 0 aromatic heterocycles. The van der Waals surface area contributed by atoms with Crippen molar-refractivity contribution >= 4 is 0 Å². The predicted molar refractivity (Wildman–Crippen MR) is 12.5 cm³/mol. The molecule has 0 aromatic carbocycles. The van der Waals surface area contributed by atoms with Crippen LogP contribution < -0.4 is 4.97 Å². The van der Waals surface area contributed by atoms with Crippen LogP contribution in [0.25, 0.3) is 5.53 Å². The van der Waals surface area contributed by atoms with Crippen LogP contribution >= 0.6 is 0 Å². The van der Waals surface area contributed by atoms with Crippen LogP contribution in [0.5, 0.6) is 0 Å². The van der Waals surface area contributed by atoms with E-state index >= 15 is 0 Å². The van der Waals surface area contributed by atoms with Crippen molar-refractivity contribution in [3.8, 4) is 0 Å². The Balaban J connectivity index is -0.0000000200. The molecule has 0 aliphatic rings. The summed E-state index contributed by atoms with van der Waals surface area (Å²) in [5.41, 5.74) is 6.64. The van der Waals surface area contributed by atoms with Gasteiger partial charge in [-0.3, -0.25) is 5.53 Å². The summed E-state index contributed by atoms with van der Waals surface area (Å²) in [5.74, 6) is 0. The topological polar surface area (TPSA) is 85.0 Å². The van der Waals surface area contributed by atoms with E-state index in [0.717, 1.165) is 0 Å². The molecule has 0 aliphatic carbocycles. The molecule has 0 aromatic rings. The van der Waals surface area contributed by atoms with Crippen LogP contribution in [-0.4, -0.2) is 5.48 Å². The van der Waals surface area contributed by atoms with Crippen LogP contribution in [-0.2, 0) is 0 Å². The Morgan fingerprint density at radius 3 is 1.60 bits per heavy atom. The normalized spacial score (nSPS) is 1.60. The van der Waals surface area contributed by atoms with E-state index in [9.17, 15) is 0 Å². The number of hydrogen-bond acceptors (Lipinski definition) is 1. The fourth-order valence-electron chi connectivity index (χ4n) is 0. The quantitative estimate of drug-likeness (QED) is 0.285. The van der Waals surface area contributed by atoms with Gasteiger partial charge < -0.3 is 5.48 Å². The van der Waals surface area contributed by atoms with Crippen LogP contribution in [0.1, 0.15) is 0 Å². The van der Waals surface area contributed by atoms with Crippen LogP contribution in [0.2, 0.25) is 0 Å². The standard InChI is InChI=1S/Ar.N2O.H2O/c;1-2-3;/h;;1H2. The summed E-state index contributed by atoms with van der Waals surface area (Å²) in [7, 11) is 0. The molecule has 0 heterocycles. The van der Waals surface area contributed by atoms with Crippen molar-refractivity contribution in [2.75, 3.05) is 0 Å². The Morgan fingerprint density at radius 2 is 1.60 bits per heavy atom. The van der Waals surface area contributed by atoms with Crippen LogP contribution in [0.4, 0.5) is 0 Å². The van der Waals surface area contributed by atoms with E-state index in [1.807, 2.05) is 0 Å². The van der Waals surface area contributed by atoms with Gasteiger partial charge in [0.2, 0.25) is 0 Å². The maximum absolute atomic E-state index is 8.11. The molecule has 5 heavy (non-hydrogen) atoms. The molecule has 0 saturated heterocycles. The minimum Gasteiger partial charge on any atom is -0.412 e. The van der Waals surface area contributed by atoms with Gasteiger partial charge in [-0.1, -0.05) is 0 Å². The SMILES string of the molecule is O.[Ar].[N-]=[N+]=O. The van der Waals surface area contributed by atoms with Crippen LogP contribution in [0.15, 0.2) is 0 Å². The van der Waals surface area contributed by atoms with E-state index in [-0.39, 0.29) is 43.2 Å². The Kier molecular flexibility index (Phi) is 85.5. The fourth-order valence-corrected chi connectivity index (χ4v) is 0.